The van der Waals surface area contributed by atoms with Gasteiger partial charge in [0.1, 0.15) is 0 Å². The molecule has 4 aromatic rings. The first kappa shape index (κ1) is 26.3. The molecule has 3 N–H and O–H groups in total. The molecule has 0 aliphatic carbocycles. The number of carbonyl (C=O) groups is 3. The highest BCUT2D eigenvalue weighted by molar-refractivity contribution is 6.39. The Kier molecular flexibility index (Phi) is 7.59. The Balaban J connectivity index is 0.000000196. The number of halogens is 2. The number of carbonyl (C=O) groups excluding carboxylic acids is 3. The molecule has 0 atom stereocenters. The Hall–Kier alpha value is -3.33. The number of nitrogens with one attached hydrogen (secondary N) is 2. The fraction of sp³-hybridized carbons (Fsp3) is 0.240. The maximum Gasteiger partial charge on any atom is 0.339 e. The van der Waals surface area contributed by atoms with Crippen LogP contribution in [0, 0.1) is 0 Å². The van der Waals surface area contributed by atoms with Crippen LogP contribution in [0.3, 0.4) is 0 Å². The monoisotopic (exact) mass is 518 g/mol. The summed E-state index contributed by atoms with van der Waals surface area (Å²) in [6.45, 7) is 4.74. The molecule has 2 heterocycles. The molecule has 0 saturated carbocycles. The number of esters is 2. The first-order valence-electron chi connectivity index (χ1n) is 10.4. The van der Waals surface area contributed by atoms with E-state index in [-0.39, 0.29) is 21.9 Å². The Bertz CT molecular complexity index is 1450. The summed E-state index contributed by atoms with van der Waals surface area (Å²) in [4.78, 5) is 40.7. The van der Waals surface area contributed by atoms with Crippen molar-refractivity contribution in [3.63, 3.8) is 0 Å². The van der Waals surface area contributed by atoms with E-state index in [4.69, 9.17) is 27.9 Å². The molecule has 2 aromatic carbocycles. The van der Waals surface area contributed by atoms with Crippen LogP contribution in [0.2, 0.25) is 10.0 Å². The van der Waals surface area contributed by atoms with Crippen molar-refractivity contribution >= 4 is 62.7 Å². The summed E-state index contributed by atoms with van der Waals surface area (Å²) in [6, 6.07) is 6.50. The molecular formula is C25H24Cl2N2O6. The fourth-order valence-corrected chi connectivity index (χ4v) is 4.26. The quantitative estimate of drug-likeness (QED) is 0.237. The number of benzene rings is 2. The van der Waals surface area contributed by atoms with Crippen LogP contribution < -0.4 is 0 Å². The van der Waals surface area contributed by atoms with Gasteiger partial charge in [-0.1, -0.05) is 23.2 Å². The SMILES string of the molecule is COC(=O)c1cc(C(C)(C)O)c2[nH]ccc2c1Cl.COC(=O)c1cc(C(C)=O)c2[nH]ccc2c1Cl. The average Bonchev–Trinajstić information content (AvgIpc) is 3.48. The van der Waals surface area contributed by atoms with E-state index in [2.05, 4.69) is 14.7 Å². The van der Waals surface area contributed by atoms with Crippen molar-refractivity contribution in [2.24, 2.45) is 0 Å². The Morgan fingerprint density at radius 3 is 1.74 bits per heavy atom. The molecule has 0 radical (unpaired) electrons. The molecule has 35 heavy (non-hydrogen) atoms. The maximum atomic E-state index is 11.7. The van der Waals surface area contributed by atoms with Crippen LogP contribution in [0.1, 0.15) is 57.4 Å². The second kappa shape index (κ2) is 10.1. The summed E-state index contributed by atoms with van der Waals surface area (Å²) in [5.41, 5.74) is 1.75. The van der Waals surface area contributed by atoms with Crippen molar-refractivity contribution in [3.8, 4) is 0 Å². The van der Waals surface area contributed by atoms with Gasteiger partial charge >= 0.3 is 11.9 Å². The highest BCUT2D eigenvalue weighted by atomic mass is 35.5. The molecule has 0 spiro atoms. The summed E-state index contributed by atoms with van der Waals surface area (Å²) in [5, 5.41) is 12.1. The van der Waals surface area contributed by atoms with Crippen molar-refractivity contribution in [1.82, 2.24) is 9.97 Å². The zero-order valence-corrected chi connectivity index (χ0v) is 21.2. The Morgan fingerprint density at radius 1 is 0.829 bits per heavy atom. The lowest BCUT2D eigenvalue weighted by Crippen LogP contribution is -2.17. The number of H-pyrrole nitrogens is 2. The van der Waals surface area contributed by atoms with Gasteiger partial charge in [0, 0.05) is 34.3 Å². The molecular weight excluding hydrogens is 495 g/mol. The summed E-state index contributed by atoms with van der Waals surface area (Å²) in [6.07, 6.45) is 3.39. The molecule has 0 unspecified atom stereocenters. The first-order valence-corrected chi connectivity index (χ1v) is 11.2. The molecule has 10 heteroatoms. The molecule has 0 amide bonds. The third-order valence-electron chi connectivity index (χ3n) is 5.40. The summed E-state index contributed by atoms with van der Waals surface area (Å²) >= 11 is 12.3. The molecule has 4 rings (SSSR count). The van der Waals surface area contributed by atoms with E-state index in [1.54, 1.807) is 44.4 Å². The fourth-order valence-electron chi connectivity index (χ4n) is 3.68. The lowest BCUT2D eigenvalue weighted by Gasteiger charge is -2.20. The minimum absolute atomic E-state index is 0.140. The second-order valence-corrected chi connectivity index (χ2v) is 8.96. The average molecular weight is 519 g/mol. The zero-order chi connectivity index (χ0) is 26.1. The topological polar surface area (TPSA) is 121 Å². The number of aliphatic hydroxyl groups is 1. The van der Waals surface area contributed by atoms with E-state index >= 15 is 0 Å². The summed E-state index contributed by atoms with van der Waals surface area (Å²) in [7, 11) is 2.57. The Labute approximate surface area is 211 Å². The second-order valence-electron chi connectivity index (χ2n) is 8.20. The predicted octanol–water partition coefficient (Wildman–Crippen LogP) is 5.65. The maximum absolute atomic E-state index is 11.7. The van der Waals surface area contributed by atoms with Crippen molar-refractivity contribution in [2.45, 2.75) is 26.4 Å². The van der Waals surface area contributed by atoms with Crippen LogP contribution >= 0.6 is 23.2 Å². The third kappa shape index (κ3) is 5.05. The van der Waals surface area contributed by atoms with Gasteiger partial charge in [0.25, 0.3) is 0 Å². The van der Waals surface area contributed by atoms with Crippen molar-refractivity contribution in [1.29, 1.82) is 0 Å². The highest BCUT2D eigenvalue weighted by Crippen LogP contribution is 2.35. The van der Waals surface area contributed by atoms with Crippen molar-refractivity contribution in [3.05, 3.63) is 69.0 Å². The normalized spacial score (nSPS) is 11.2. The van der Waals surface area contributed by atoms with Crippen molar-refractivity contribution < 1.29 is 29.0 Å². The molecule has 0 aliphatic heterocycles. The number of ether oxygens (including phenoxy) is 2. The van der Waals surface area contributed by atoms with Crippen molar-refractivity contribution in [2.75, 3.05) is 14.2 Å². The van der Waals surface area contributed by atoms with Gasteiger partial charge in [0.05, 0.1) is 52.0 Å². The van der Waals surface area contributed by atoms with Crippen LogP contribution in [0.5, 0.6) is 0 Å². The molecule has 0 aliphatic rings. The van der Waals surface area contributed by atoms with E-state index in [1.165, 1.54) is 27.2 Å². The third-order valence-corrected chi connectivity index (χ3v) is 6.22. The largest absolute Gasteiger partial charge is 0.465 e. The summed E-state index contributed by atoms with van der Waals surface area (Å²) < 4.78 is 9.33. The minimum Gasteiger partial charge on any atom is -0.465 e. The zero-order valence-electron chi connectivity index (χ0n) is 19.7. The van der Waals surface area contributed by atoms with Crippen LogP contribution in [-0.4, -0.2) is 47.0 Å². The van der Waals surface area contributed by atoms with Gasteiger partial charge < -0.3 is 24.5 Å². The molecule has 184 valence electrons. The standard InChI is InChI=1S/C13H14ClNO3.C12H10ClNO3/c1-13(2,17)9-6-8(12(16)18-3)10(14)7-4-5-15-11(7)9;1-6(15)8-5-9(12(16)17-2)10(13)7-3-4-14-11(7)8/h4-6,15,17H,1-3H3;3-5,14H,1-2H3. The molecule has 0 bridgehead atoms. The predicted molar refractivity (Wildman–Crippen MR) is 135 cm³/mol. The molecule has 0 saturated heterocycles. The highest BCUT2D eigenvalue weighted by Gasteiger charge is 2.25. The van der Waals surface area contributed by atoms with Crippen LogP contribution in [0.15, 0.2) is 36.7 Å². The number of Topliss-reactive ketones (excluding diaryl/α,β-unsaturated/α-hetero) is 1. The van der Waals surface area contributed by atoms with Gasteiger partial charge in [0.2, 0.25) is 0 Å². The lowest BCUT2D eigenvalue weighted by atomic mass is 9.94. The van der Waals surface area contributed by atoms with Gasteiger partial charge in [-0.25, -0.2) is 9.59 Å². The van der Waals surface area contributed by atoms with Crippen LogP contribution in [0.25, 0.3) is 21.8 Å². The van der Waals surface area contributed by atoms with Gasteiger partial charge in [-0.15, -0.1) is 0 Å². The number of methoxy groups -OCH3 is 2. The van der Waals surface area contributed by atoms with E-state index in [0.717, 1.165) is 5.52 Å². The van der Waals surface area contributed by atoms with Gasteiger partial charge in [-0.05, 0) is 45.0 Å². The number of fused-ring (bicyclic) bond motifs is 2. The van der Waals surface area contributed by atoms with Crippen LogP contribution in [0.4, 0.5) is 0 Å². The number of hydrogen-bond donors (Lipinski definition) is 3. The first-order chi connectivity index (χ1) is 16.4. The Morgan fingerprint density at radius 2 is 1.29 bits per heavy atom. The molecule has 8 nitrogen and oxygen atoms in total. The lowest BCUT2D eigenvalue weighted by molar-refractivity contribution is 0.0590. The van der Waals surface area contributed by atoms with E-state index in [0.29, 0.717) is 32.4 Å². The molecule has 0 fully saturated rings. The number of ketones is 1. The number of aromatic amines is 2. The number of rotatable bonds is 4. The summed E-state index contributed by atoms with van der Waals surface area (Å²) in [5.74, 6) is -1.21. The number of hydrogen-bond acceptors (Lipinski definition) is 6. The number of aromatic nitrogens is 2. The van der Waals surface area contributed by atoms with E-state index in [9.17, 15) is 19.5 Å². The van der Waals surface area contributed by atoms with Gasteiger partial charge in [0.15, 0.2) is 5.78 Å². The van der Waals surface area contributed by atoms with Crippen LogP contribution in [-0.2, 0) is 15.1 Å². The van der Waals surface area contributed by atoms with E-state index < -0.39 is 17.5 Å². The van der Waals surface area contributed by atoms with Gasteiger partial charge in [-0.2, -0.15) is 0 Å². The van der Waals surface area contributed by atoms with E-state index in [1.807, 2.05) is 0 Å². The molecule has 2 aromatic heterocycles. The minimum atomic E-state index is -1.09. The van der Waals surface area contributed by atoms with Gasteiger partial charge in [-0.3, -0.25) is 4.79 Å². The smallest absolute Gasteiger partial charge is 0.339 e.